The predicted molar refractivity (Wildman–Crippen MR) is 114 cm³/mol. The first-order valence-corrected chi connectivity index (χ1v) is 10.8. The Bertz CT molecular complexity index is 656. The van der Waals surface area contributed by atoms with Crippen molar-refractivity contribution in [3.8, 4) is 17.1 Å². The number of unbranched alkanes of at least 4 members (excludes halogenated alkanes) is 5. The Kier molecular flexibility index (Phi) is 9.89. The molecular weight excluding hydrogens is 332 g/mol. The van der Waals surface area contributed by atoms with Crippen LogP contribution in [0, 0.1) is 5.92 Å². The summed E-state index contributed by atoms with van der Waals surface area (Å²) in [4.78, 5) is 9.31. The molecule has 1 aromatic carbocycles. The Hall–Kier alpha value is -1.90. The maximum Gasteiger partial charge on any atom is 0.163 e. The van der Waals surface area contributed by atoms with E-state index < -0.39 is 0 Å². The summed E-state index contributed by atoms with van der Waals surface area (Å²) in [5, 5.41) is 0. The highest BCUT2D eigenvalue weighted by atomic mass is 16.5. The average Bonchev–Trinajstić information content (AvgIpc) is 2.71. The summed E-state index contributed by atoms with van der Waals surface area (Å²) in [5.74, 6) is 2.35. The fourth-order valence-electron chi connectivity index (χ4n) is 3.10. The van der Waals surface area contributed by atoms with Crippen molar-refractivity contribution in [3.05, 3.63) is 42.2 Å². The Morgan fingerprint density at radius 1 is 0.963 bits per heavy atom. The number of nitrogens with zero attached hydrogens (tertiary/aromatic N) is 2. The standard InChI is InChI=1S/C24H36N2O/c1-4-6-7-8-9-10-13-21-16-18-25-24(26-21)22-14-11-12-15-23(22)27-19-17-20(3)5-2/h11-12,14-16,18,20H,4-10,13,17,19H2,1-3H3. The normalized spacial score (nSPS) is 12.1. The van der Waals surface area contributed by atoms with Gasteiger partial charge < -0.3 is 4.74 Å². The Labute approximate surface area is 165 Å². The molecule has 0 aliphatic carbocycles. The largest absolute Gasteiger partial charge is 0.493 e. The van der Waals surface area contributed by atoms with Gasteiger partial charge in [-0.25, -0.2) is 9.97 Å². The molecule has 1 aromatic heterocycles. The van der Waals surface area contributed by atoms with Gasteiger partial charge in [-0.2, -0.15) is 0 Å². The fraction of sp³-hybridized carbons (Fsp3) is 0.583. The number of rotatable bonds is 13. The van der Waals surface area contributed by atoms with Crippen molar-refractivity contribution >= 4 is 0 Å². The maximum absolute atomic E-state index is 6.06. The van der Waals surface area contributed by atoms with Gasteiger partial charge in [0.05, 0.1) is 12.2 Å². The molecule has 1 unspecified atom stereocenters. The predicted octanol–water partition coefficient (Wildman–Crippen LogP) is 6.86. The quantitative estimate of drug-likeness (QED) is 0.362. The molecule has 0 bridgehead atoms. The highest BCUT2D eigenvalue weighted by Gasteiger charge is 2.10. The first kappa shape index (κ1) is 21.4. The van der Waals surface area contributed by atoms with Crippen LogP contribution in [0.5, 0.6) is 5.75 Å². The molecule has 2 aromatic rings. The Balaban J connectivity index is 1.95. The van der Waals surface area contributed by atoms with Crippen molar-refractivity contribution in [3.63, 3.8) is 0 Å². The smallest absolute Gasteiger partial charge is 0.163 e. The summed E-state index contributed by atoms with van der Waals surface area (Å²) in [5.41, 5.74) is 2.12. The summed E-state index contributed by atoms with van der Waals surface area (Å²) < 4.78 is 6.06. The van der Waals surface area contributed by atoms with E-state index in [4.69, 9.17) is 9.72 Å². The topological polar surface area (TPSA) is 35.0 Å². The molecule has 0 saturated carbocycles. The van der Waals surface area contributed by atoms with E-state index in [1.165, 1.54) is 44.9 Å². The third-order valence-electron chi connectivity index (χ3n) is 5.19. The lowest BCUT2D eigenvalue weighted by atomic mass is 10.1. The van der Waals surface area contributed by atoms with E-state index in [0.717, 1.165) is 42.3 Å². The minimum atomic E-state index is 0.689. The number of para-hydroxylation sites is 1. The molecule has 0 aliphatic heterocycles. The van der Waals surface area contributed by atoms with Gasteiger partial charge in [-0.15, -0.1) is 0 Å². The van der Waals surface area contributed by atoms with Crippen molar-refractivity contribution in [2.45, 2.75) is 78.6 Å². The third kappa shape index (κ3) is 7.70. The fourth-order valence-corrected chi connectivity index (χ4v) is 3.10. The first-order valence-electron chi connectivity index (χ1n) is 10.8. The molecule has 1 atom stereocenters. The van der Waals surface area contributed by atoms with Crippen LogP contribution in [0.4, 0.5) is 0 Å². The van der Waals surface area contributed by atoms with Crippen molar-refractivity contribution in [1.82, 2.24) is 9.97 Å². The number of aromatic nitrogens is 2. The number of benzene rings is 1. The molecule has 0 N–H and O–H groups in total. The zero-order valence-corrected chi connectivity index (χ0v) is 17.4. The van der Waals surface area contributed by atoms with E-state index in [-0.39, 0.29) is 0 Å². The van der Waals surface area contributed by atoms with E-state index in [9.17, 15) is 0 Å². The van der Waals surface area contributed by atoms with E-state index in [1.54, 1.807) is 0 Å². The second-order valence-electron chi connectivity index (χ2n) is 7.54. The molecule has 0 saturated heterocycles. The highest BCUT2D eigenvalue weighted by molar-refractivity contribution is 5.63. The number of aryl methyl sites for hydroxylation is 1. The van der Waals surface area contributed by atoms with Gasteiger partial charge in [0.25, 0.3) is 0 Å². The molecule has 148 valence electrons. The van der Waals surface area contributed by atoms with Crippen LogP contribution in [0.3, 0.4) is 0 Å². The van der Waals surface area contributed by atoms with Gasteiger partial charge >= 0.3 is 0 Å². The van der Waals surface area contributed by atoms with Gasteiger partial charge in [0.1, 0.15) is 5.75 Å². The van der Waals surface area contributed by atoms with Crippen molar-refractivity contribution in [2.24, 2.45) is 5.92 Å². The molecule has 2 rings (SSSR count). The second kappa shape index (κ2) is 12.5. The van der Waals surface area contributed by atoms with Crippen LogP contribution in [-0.2, 0) is 6.42 Å². The van der Waals surface area contributed by atoms with Crippen LogP contribution < -0.4 is 4.74 Å². The zero-order valence-electron chi connectivity index (χ0n) is 17.4. The molecule has 3 heteroatoms. The van der Waals surface area contributed by atoms with Crippen molar-refractivity contribution in [2.75, 3.05) is 6.61 Å². The lowest BCUT2D eigenvalue weighted by molar-refractivity contribution is 0.282. The molecule has 27 heavy (non-hydrogen) atoms. The second-order valence-corrected chi connectivity index (χ2v) is 7.54. The molecule has 0 aliphatic rings. The molecular formula is C24H36N2O. The molecule has 3 nitrogen and oxygen atoms in total. The van der Waals surface area contributed by atoms with E-state index >= 15 is 0 Å². The number of ether oxygens (including phenoxy) is 1. The van der Waals surface area contributed by atoms with Gasteiger partial charge in [0.15, 0.2) is 5.82 Å². The first-order chi connectivity index (χ1) is 13.2. The Morgan fingerprint density at radius 2 is 1.74 bits per heavy atom. The van der Waals surface area contributed by atoms with E-state index in [2.05, 4.69) is 31.8 Å². The van der Waals surface area contributed by atoms with Gasteiger partial charge in [0.2, 0.25) is 0 Å². The lowest BCUT2D eigenvalue weighted by Gasteiger charge is -2.13. The molecule has 0 amide bonds. The average molecular weight is 369 g/mol. The van der Waals surface area contributed by atoms with Gasteiger partial charge in [0, 0.05) is 11.9 Å². The van der Waals surface area contributed by atoms with Crippen LogP contribution in [-0.4, -0.2) is 16.6 Å². The van der Waals surface area contributed by atoms with Gasteiger partial charge in [-0.3, -0.25) is 0 Å². The molecule has 0 fully saturated rings. The van der Waals surface area contributed by atoms with E-state index in [1.807, 2.05) is 30.5 Å². The van der Waals surface area contributed by atoms with Gasteiger partial charge in [-0.05, 0) is 43.4 Å². The molecule has 0 radical (unpaired) electrons. The van der Waals surface area contributed by atoms with Gasteiger partial charge in [-0.1, -0.05) is 71.4 Å². The molecule has 1 heterocycles. The summed E-state index contributed by atoms with van der Waals surface area (Å²) in [7, 11) is 0. The van der Waals surface area contributed by atoms with Crippen LogP contribution in [0.15, 0.2) is 36.5 Å². The summed E-state index contributed by atoms with van der Waals surface area (Å²) in [6.07, 6.45) is 13.0. The van der Waals surface area contributed by atoms with Crippen LogP contribution in [0.25, 0.3) is 11.4 Å². The van der Waals surface area contributed by atoms with Crippen LogP contribution in [0.1, 0.15) is 77.8 Å². The van der Waals surface area contributed by atoms with Crippen molar-refractivity contribution in [1.29, 1.82) is 0 Å². The summed E-state index contributed by atoms with van der Waals surface area (Å²) in [6, 6.07) is 10.2. The van der Waals surface area contributed by atoms with Crippen LogP contribution in [0.2, 0.25) is 0 Å². The molecule has 0 spiro atoms. The number of hydrogen-bond acceptors (Lipinski definition) is 3. The Morgan fingerprint density at radius 3 is 2.56 bits per heavy atom. The van der Waals surface area contributed by atoms with Crippen molar-refractivity contribution < 1.29 is 4.74 Å². The zero-order chi connectivity index (χ0) is 19.3. The van der Waals surface area contributed by atoms with Crippen LogP contribution >= 0.6 is 0 Å². The minimum absolute atomic E-state index is 0.689. The number of hydrogen-bond donors (Lipinski definition) is 0. The summed E-state index contributed by atoms with van der Waals surface area (Å²) in [6.45, 7) is 7.49. The summed E-state index contributed by atoms with van der Waals surface area (Å²) >= 11 is 0. The third-order valence-corrected chi connectivity index (χ3v) is 5.19. The highest BCUT2D eigenvalue weighted by Crippen LogP contribution is 2.27. The SMILES string of the molecule is CCCCCCCCc1ccnc(-c2ccccc2OCCC(C)CC)n1. The van der Waals surface area contributed by atoms with E-state index in [0.29, 0.717) is 5.92 Å². The lowest BCUT2D eigenvalue weighted by Crippen LogP contribution is -2.04. The maximum atomic E-state index is 6.06. The monoisotopic (exact) mass is 368 g/mol. The minimum Gasteiger partial charge on any atom is -0.493 e.